The van der Waals surface area contributed by atoms with E-state index >= 15 is 0 Å². The largest absolute Gasteiger partial charge is 0.484 e. The molecule has 0 bridgehead atoms. The van der Waals surface area contributed by atoms with Gasteiger partial charge < -0.3 is 20.1 Å². The average Bonchev–Trinajstić information content (AvgIpc) is 2.45. The smallest absolute Gasteiger partial charge is 0.258 e. The van der Waals surface area contributed by atoms with E-state index in [0.29, 0.717) is 25.2 Å². The van der Waals surface area contributed by atoms with E-state index in [2.05, 4.69) is 10.6 Å². The van der Waals surface area contributed by atoms with Crippen LogP contribution in [-0.2, 0) is 20.7 Å². The highest BCUT2D eigenvalue weighted by Gasteiger charge is 2.15. The first-order valence-corrected chi connectivity index (χ1v) is 6.92. The van der Waals surface area contributed by atoms with Gasteiger partial charge in [-0.25, -0.2) is 0 Å². The van der Waals surface area contributed by atoms with Crippen LogP contribution < -0.4 is 15.4 Å². The van der Waals surface area contributed by atoms with Crippen LogP contribution in [0.1, 0.15) is 18.9 Å². The monoisotopic (exact) mass is 292 g/mol. The number of amides is 2. The lowest BCUT2D eigenvalue weighted by Crippen LogP contribution is -2.38. The van der Waals surface area contributed by atoms with Crippen LogP contribution in [0.5, 0.6) is 5.75 Å². The average molecular weight is 292 g/mol. The van der Waals surface area contributed by atoms with Crippen molar-refractivity contribution in [1.29, 1.82) is 0 Å². The fourth-order valence-electron chi connectivity index (χ4n) is 2.21. The second-order valence-electron chi connectivity index (χ2n) is 5.08. The summed E-state index contributed by atoms with van der Waals surface area (Å²) in [6.07, 6.45) is 1.17. The van der Waals surface area contributed by atoms with Crippen molar-refractivity contribution >= 4 is 17.5 Å². The van der Waals surface area contributed by atoms with Crippen molar-refractivity contribution in [3.05, 3.63) is 23.8 Å². The number of anilines is 1. The number of aryl methyl sites for hydroxylation is 1. The predicted molar refractivity (Wildman–Crippen MR) is 78.4 cm³/mol. The molecule has 1 unspecified atom stereocenters. The van der Waals surface area contributed by atoms with E-state index in [9.17, 15) is 9.59 Å². The van der Waals surface area contributed by atoms with Gasteiger partial charge in [0.15, 0.2) is 6.61 Å². The molecule has 2 rings (SSSR count). The summed E-state index contributed by atoms with van der Waals surface area (Å²) in [5, 5.41) is 5.58. The van der Waals surface area contributed by atoms with Gasteiger partial charge in [0.1, 0.15) is 5.75 Å². The Kier molecular flexibility index (Phi) is 5.16. The zero-order valence-electron chi connectivity index (χ0n) is 12.3. The maximum atomic E-state index is 11.7. The predicted octanol–water partition coefficient (Wildman–Crippen LogP) is 1.10. The highest BCUT2D eigenvalue weighted by Crippen LogP contribution is 2.26. The lowest BCUT2D eigenvalue weighted by molar-refractivity contribution is -0.124. The van der Waals surface area contributed by atoms with Gasteiger partial charge in [-0.15, -0.1) is 0 Å². The third kappa shape index (κ3) is 4.46. The number of benzene rings is 1. The van der Waals surface area contributed by atoms with E-state index in [4.69, 9.17) is 9.47 Å². The molecule has 1 atom stereocenters. The number of rotatable bonds is 6. The molecule has 1 aromatic rings. The molecule has 1 aliphatic rings. The molecule has 0 fully saturated rings. The summed E-state index contributed by atoms with van der Waals surface area (Å²) < 4.78 is 10.4. The van der Waals surface area contributed by atoms with Gasteiger partial charge in [0, 0.05) is 25.3 Å². The summed E-state index contributed by atoms with van der Waals surface area (Å²) in [5.74, 6) is 0.465. The Morgan fingerprint density at radius 3 is 3.00 bits per heavy atom. The molecule has 2 amide bonds. The number of nitrogens with one attached hydrogen (secondary N) is 2. The van der Waals surface area contributed by atoms with Gasteiger partial charge in [0.25, 0.3) is 5.91 Å². The van der Waals surface area contributed by atoms with Crippen molar-refractivity contribution in [2.45, 2.75) is 25.8 Å². The summed E-state index contributed by atoms with van der Waals surface area (Å²) in [6.45, 7) is 2.28. The van der Waals surface area contributed by atoms with Gasteiger partial charge >= 0.3 is 0 Å². The number of carbonyl (C=O) groups excluding carboxylic acids is 2. The fourth-order valence-corrected chi connectivity index (χ4v) is 2.21. The molecule has 1 aromatic carbocycles. The molecular weight excluding hydrogens is 272 g/mol. The van der Waals surface area contributed by atoms with E-state index in [1.807, 2.05) is 13.0 Å². The highest BCUT2D eigenvalue weighted by molar-refractivity contribution is 5.94. The molecule has 2 N–H and O–H groups in total. The van der Waals surface area contributed by atoms with Crippen LogP contribution in [0.4, 0.5) is 5.69 Å². The molecule has 6 nitrogen and oxygen atoms in total. The second kappa shape index (κ2) is 7.08. The Labute approximate surface area is 123 Å². The first-order valence-electron chi connectivity index (χ1n) is 6.92. The number of fused-ring (bicyclic) bond motifs is 1. The highest BCUT2D eigenvalue weighted by atomic mass is 16.5. The Balaban J connectivity index is 1.86. The Bertz CT molecular complexity index is 530. The lowest BCUT2D eigenvalue weighted by atomic mass is 10.0. The third-order valence-corrected chi connectivity index (χ3v) is 3.17. The molecule has 1 heterocycles. The van der Waals surface area contributed by atoms with Crippen molar-refractivity contribution in [3.8, 4) is 5.75 Å². The Hall–Kier alpha value is -2.08. The van der Waals surface area contributed by atoms with Gasteiger partial charge in [-0.1, -0.05) is 0 Å². The zero-order valence-corrected chi connectivity index (χ0v) is 12.3. The van der Waals surface area contributed by atoms with Gasteiger partial charge in [0.2, 0.25) is 5.91 Å². The minimum atomic E-state index is -0.189. The van der Waals surface area contributed by atoms with Crippen molar-refractivity contribution in [3.63, 3.8) is 0 Å². The molecule has 21 heavy (non-hydrogen) atoms. The van der Waals surface area contributed by atoms with E-state index in [-0.39, 0.29) is 24.5 Å². The SMILES string of the molecule is COCC(C)NC(=O)COc1ccc2c(c1)CCC(=O)N2. The first kappa shape index (κ1) is 15.3. The normalized spacial score (nSPS) is 14.9. The number of ether oxygens (including phenoxy) is 2. The summed E-state index contributed by atoms with van der Waals surface area (Å²) in [6, 6.07) is 5.36. The van der Waals surface area contributed by atoms with Crippen molar-refractivity contribution < 1.29 is 19.1 Å². The Morgan fingerprint density at radius 2 is 2.24 bits per heavy atom. The number of hydrogen-bond donors (Lipinski definition) is 2. The molecule has 0 aromatic heterocycles. The summed E-state index contributed by atoms with van der Waals surface area (Å²) in [5.41, 5.74) is 1.84. The molecule has 1 aliphatic heterocycles. The quantitative estimate of drug-likeness (QED) is 0.823. The molecule has 0 saturated heterocycles. The van der Waals surface area contributed by atoms with Crippen LogP contribution in [0.2, 0.25) is 0 Å². The van der Waals surface area contributed by atoms with E-state index < -0.39 is 0 Å². The lowest BCUT2D eigenvalue weighted by Gasteiger charge is -2.18. The van der Waals surface area contributed by atoms with Gasteiger partial charge in [0.05, 0.1) is 6.61 Å². The van der Waals surface area contributed by atoms with Crippen molar-refractivity contribution in [1.82, 2.24) is 5.32 Å². The molecule has 0 spiro atoms. The standard InChI is InChI=1S/C15H20N2O4/c1-10(8-20-2)16-15(19)9-21-12-4-5-13-11(7-12)3-6-14(18)17-13/h4-5,7,10H,3,6,8-9H2,1-2H3,(H,16,19)(H,17,18). The summed E-state index contributed by atoms with van der Waals surface area (Å²) in [7, 11) is 1.59. The van der Waals surface area contributed by atoms with E-state index in [0.717, 1.165) is 11.3 Å². The minimum absolute atomic E-state index is 0.0303. The van der Waals surface area contributed by atoms with Crippen molar-refractivity contribution in [2.75, 3.05) is 25.6 Å². The van der Waals surface area contributed by atoms with Crippen LogP contribution in [0.25, 0.3) is 0 Å². The van der Waals surface area contributed by atoms with Crippen LogP contribution in [-0.4, -0.2) is 38.2 Å². The topological polar surface area (TPSA) is 76.7 Å². The van der Waals surface area contributed by atoms with Crippen LogP contribution >= 0.6 is 0 Å². The molecule has 0 saturated carbocycles. The molecular formula is C15H20N2O4. The minimum Gasteiger partial charge on any atom is -0.484 e. The second-order valence-corrected chi connectivity index (χ2v) is 5.08. The van der Waals surface area contributed by atoms with Crippen LogP contribution in [0, 0.1) is 0 Å². The molecule has 6 heteroatoms. The summed E-state index contributed by atoms with van der Waals surface area (Å²) in [4.78, 5) is 23.0. The van der Waals surface area contributed by atoms with Crippen molar-refractivity contribution in [2.24, 2.45) is 0 Å². The summed E-state index contributed by atoms with van der Waals surface area (Å²) >= 11 is 0. The van der Waals surface area contributed by atoms with Gasteiger partial charge in [-0.05, 0) is 37.1 Å². The molecule has 0 aliphatic carbocycles. The maximum Gasteiger partial charge on any atom is 0.258 e. The Morgan fingerprint density at radius 1 is 1.43 bits per heavy atom. The number of carbonyl (C=O) groups is 2. The molecule has 114 valence electrons. The number of hydrogen-bond acceptors (Lipinski definition) is 4. The molecule has 0 radical (unpaired) electrons. The third-order valence-electron chi connectivity index (χ3n) is 3.17. The van der Waals surface area contributed by atoms with E-state index in [1.54, 1.807) is 19.2 Å². The first-order chi connectivity index (χ1) is 10.1. The maximum absolute atomic E-state index is 11.7. The van der Waals surface area contributed by atoms with Crippen LogP contribution in [0.15, 0.2) is 18.2 Å². The van der Waals surface area contributed by atoms with Crippen LogP contribution in [0.3, 0.4) is 0 Å². The van der Waals surface area contributed by atoms with Gasteiger partial charge in [-0.2, -0.15) is 0 Å². The van der Waals surface area contributed by atoms with E-state index in [1.165, 1.54) is 0 Å². The fraction of sp³-hybridized carbons (Fsp3) is 0.467. The number of methoxy groups -OCH3 is 1. The van der Waals surface area contributed by atoms with Gasteiger partial charge in [-0.3, -0.25) is 9.59 Å². The zero-order chi connectivity index (χ0) is 15.2.